The van der Waals surface area contributed by atoms with Crippen molar-refractivity contribution in [1.29, 1.82) is 0 Å². The largest absolute Gasteiger partial charge is 0.435 e. The van der Waals surface area contributed by atoms with Crippen molar-refractivity contribution in [3.8, 4) is 5.75 Å². The molecule has 1 rings (SSSR count). The zero-order chi connectivity index (χ0) is 18.9. The topological polar surface area (TPSA) is 79.8 Å². The molecule has 0 aliphatic rings. The van der Waals surface area contributed by atoms with Crippen molar-refractivity contribution in [1.82, 2.24) is 10.6 Å². The minimum Gasteiger partial charge on any atom is -0.435 e. The van der Waals surface area contributed by atoms with E-state index in [9.17, 15) is 17.2 Å². The molecule has 0 amide bonds. The maximum absolute atomic E-state index is 12.3. The summed E-state index contributed by atoms with van der Waals surface area (Å²) in [7, 11) is -3.01. The van der Waals surface area contributed by atoms with E-state index in [0.29, 0.717) is 18.9 Å². The summed E-state index contributed by atoms with van der Waals surface area (Å²) < 4.78 is 51.3. The summed E-state index contributed by atoms with van der Waals surface area (Å²) in [5, 5.41) is 6.20. The molecule has 1 aromatic rings. The van der Waals surface area contributed by atoms with Gasteiger partial charge in [-0.25, -0.2) is 13.4 Å². The molecule has 6 nitrogen and oxygen atoms in total. The van der Waals surface area contributed by atoms with E-state index in [0.717, 1.165) is 5.56 Å². The third-order valence-corrected chi connectivity index (χ3v) is 4.17. The number of hydrogen-bond acceptors (Lipinski definition) is 4. The lowest BCUT2D eigenvalue weighted by molar-refractivity contribution is -0.0498. The molecule has 0 saturated heterocycles. The van der Waals surface area contributed by atoms with Crippen molar-refractivity contribution in [2.24, 2.45) is 4.99 Å². The molecule has 25 heavy (non-hydrogen) atoms. The Balaban J connectivity index is 2.68. The monoisotopic (exact) mass is 377 g/mol. The number of nitrogens with one attached hydrogen (secondary N) is 2. The second-order valence-electron chi connectivity index (χ2n) is 5.69. The Bertz CT molecular complexity index is 666. The van der Waals surface area contributed by atoms with Crippen LogP contribution in [-0.4, -0.2) is 45.6 Å². The van der Waals surface area contributed by atoms with Crippen LogP contribution in [0.3, 0.4) is 0 Å². The highest BCUT2D eigenvalue weighted by Crippen LogP contribution is 2.16. The van der Waals surface area contributed by atoms with Crippen LogP contribution in [0.15, 0.2) is 29.3 Å². The van der Waals surface area contributed by atoms with Crippen molar-refractivity contribution in [2.75, 3.05) is 18.6 Å². The van der Waals surface area contributed by atoms with Crippen LogP contribution < -0.4 is 15.4 Å². The van der Waals surface area contributed by atoms with Crippen LogP contribution >= 0.6 is 0 Å². The highest BCUT2D eigenvalue weighted by molar-refractivity contribution is 7.90. The Morgan fingerprint density at radius 1 is 1.36 bits per heavy atom. The summed E-state index contributed by atoms with van der Waals surface area (Å²) in [4.78, 5) is 4.39. The molecule has 1 aromatic carbocycles. The summed E-state index contributed by atoms with van der Waals surface area (Å²) in [6.45, 7) is 1.83. The Morgan fingerprint density at radius 2 is 2.08 bits per heavy atom. The average Bonchev–Trinajstić information content (AvgIpc) is 2.50. The van der Waals surface area contributed by atoms with E-state index in [2.05, 4.69) is 20.4 Å². The fraction of sp³-hybridized carbons (Fsp3) is 0.562. The lowest BCUT2D eigenvalue weighted by Gasteiger charge is -2.17. The molecule has 9 heteroatoms. The van der Waals surface area contributed by atoms with Crippen LogP contribution in [0.5, 0.6) is 5.75 Å². The van der Waals surface area contributed by atoms with E-state index in [4.69, 9.17) is 0 Å². The zero-order valence-electron chi connectivity index (χ0n) is 14.6. The van der Waals surface area contributed by atoms with E-state index in [-0.39, 0.29) is 24.1 Å². The number of halogens is 2. The van der Waals surface area contributed by atoms with E-state index in [1.165, 1.54) is 18.4 Å². The van der Waals surface area contributed by atoms with Crippen LogP contribution in [0.2, 0.25) is 0 Å². The van der Waals surface area contributed by atoms with Gasteiger partial charge in [-0.1, -0.05) is 12.1 Å². The lowest BCUT2D eigenvalue weighted by atomic mass is 10.2. The zero-order valence-corrected chi connectivity index (χ0v) is 15.4. The minimum absolute atomic E-state index is 0.0824. The van der Waals surface area contributed by atoms with Gasteiger partial charge in [0.25, 0.3) is 0 Å². The van der Waals surface area contributed by atoms with Gasteiger partial charge in [-0.2, -0.15) is 8.78 Å². The normalized spacial score (nSPS) is 13.6. The van der Waals surface area contributed by atoms with Crippen molar-refractivity contribution in [2.45, 2.75) is 39.5 Å². The second kappa shape index (κ2) is 10.2. The van der Waals surface area contributed by atoms with Crippen molar-refractivity contribution in [3.63, 3.8) is 0 Å². The third kappa shape index (κ3) is 9.85. The number of nitrogens with zero attached hydrogens (tertiary/aromatic N) is 1. The SMILES string of the molecule is CCNC(=NCc1cccc(OC(F)F)c1)NC(C)CCS(C)(=O)=O. The van der Waals surface area contributed by atoms with Gasteiger partial charge in [0, 0.05) is 18.8 Å². The van der Waals surface area contributed by atoms with Crippen molar-refractivity contribution in [3.05, 3.63) is 29.8 Å². The van der Waals surface area contributed by atoms with Gasteiger partial charge in [0.15, 0.2) is 5.96 Å². The quantitative estimate of drug-likeness (QED) is 0.509. The van der Waals surface area contributed by atoms with E-state index >= 15 is 0 Å². The third-order valence-electron chi connectivity index (χ3n) is 3.19. The summed E-state index contributed by atoms with van der Waals surface area (Å²) in [6.07, 6.45) is 1.66. The Hall–Kier alpha value is -1.90. The maximum Gasteiger partial charge on any atom is 0.387 e. The molecule has 0 aliphatic carbocycles. The molecule has 1 atom stereocenters. The van der Waals surface area contributed by atoms with Gasteiger partial charge in [-0.15, -0.1) is 0 Å². The molecular formula is C16H25F2N3O3S. The van der Waals surface area contributed by atoms with E-state index < -0.39 is 16.4 Å². The number of sulfone groups is 1. The van der Waals surface area contributed by atoms with Gasteiger partial charge < -0.3 is 15.4 Å². The van der Waals surface area contributed by atoms with Crippen LogP contribution in [0.4, 0.5) is 8.78 Å². The Kier molecular flexibility index (Phi) is 8.60. The molecule has 0 radical (unpaired) electrons. The van der Waals surface area contributed by atoms with Crippen molar-refractivity contribution < 1.29 is 21.9 Å². The number of ether oxygens (including phenoxy) is 1. The first-order valence-corrected chi connectivity index (χ1v) is 10.0. The standard InChI is InChI=1S/C16H25F2N3O3S/c1-4-19-16(21-12(2)8-9-25(3,22)23)20-11-13-6-5-7-14(10-13)24-15(17)18/h5-7,10,12,15H,4,8-9,11H2,1-3H3,(H2,19,20,21). The Morgan fingerprint density at radius 3 is 2.68 bits per heavy atom. The van der Waals surface area contributed by atoms with Gasteiger partial charge in [0.05, 0.1) is 12.3 Å². The molecule has 142 valence electrons. The number of guanidine groups is 1. The van der Waals surface area contributed by atoms with Crippen LogP contribution in [0, 0.1) is 0 Å². The fourth-order valence-electron chi connectivity index (χ4n) is 2.01. The summed E-state index contributed by atoms with van der Waals surface area (Å²) in [5.41, 5.74) is 0.721. The Labute approximate surface area is 147 Å². The fourth-order valence-corrected chi connectivity index (χ4v) is 2.79. The molecule has 1 unspecified atom stereocenters. The first-order chi connectivity index (χ1) is 11.7. The molecule has 0 aromatic heterocycles. The van der Waals surface area contributed by atoms with Gasteiger partial charge >= 0.3 is 6.61 Å². The lowest BCUT2D eigenvalue weighted by Crippen LogP contribution is -2.42. The number of aliphatic imine (C=N–C) groups is 1. The number of alkyl halides is 2. The van der Waals surface area contributed by atoms with Gasteiger partial charge in [-0.05, 0) is 38.0 Å². The summed E-state index contributed by atoms with van der Waals surface area (Å²) >= 11 is 0. The molecule has 0 saturated carbocycles. The molecular weight excluding hydrogens is 352 g/mol. The molecule has 0 fully saturated rings. The predicted molar refractivity (Wildman–Crippen MR) is 94.8 cm³/mol. The van der Waals surface area contributed by atoms with Gasteiger partial charge in [0.1, 0.15) is 15.6 Å². The van der Waals surface area contributed by atoms with E-state index in [1.54, 1.807) is 12.1 Å². The smallest absolute Gasteiger partial charge is 0.387 e. The maximum atomic E-state index is 12.3. The average molecular weight is 377 g/mol. The summed E-state index contributed by atoms with van der Waals surface area (Å²) in [6, 6.07) is 6.26. The van der Waals surface area contributed by atoms with Crippen LogP contribution in [0.25, 0.3) is 0 Å². The first-order valence-electron chi connectivity index (χ1n) is 7.96. The van der Waals surface area contributed by atoms with Gasteiger partial charge in [-0.3, -0.25) is 0 Å². The highest BCUT2D eigenvalue weighted by atomic mass is 32.2. The number of rotatable bonds is 9. The molecule has 0 spiro atoms. The van der Waals surface area contributed by atoms with Crippen LogP contribution in [0.1, 0.15) is 25.8 Å². The first kappa shape index (κ1) is 21.1. The minimum atomic E-state index is -3.01. The number of hydrogen-bond donors (Lipinski definition) is 2. The van der Waals surface area contributed by atoms with Crippen LogP contribution in [-0.2, 0) is 16.4 Å². The van der Waals surface area contributed by atoms with Gasteiger partial charge in [0.2, 0.25) is 0 Å². The van der Waals surface area contributed by atoms with E-state index in [1.807, 2.05) is 13.8 Å². The number of benzene rings is 1. The molecule has 0 bridgehead atoms. The second-order valence-corrected chi connectivity index (χ2v) is 7.94. The molecule has 2 N–H and O–H groups in total. The van der Waals surface area contributed by atoms with Crippen molar-refractivity contribution >= 4 is 15.8 Å². The molecule has 0 aliphatic heterocycles. The predicted octanol–water partition coefficient (Wildman–Crippen LogP) is 2.17. The molecule has 0 heterocycles. The highest BCUT2D eigenvalue weighted by Gasteiger charge is 2.10. The summed E-state index contributed by atoms with van der Waals surface area (Å²) in [5.74, 6) is 0.707.